The fourth-order valence-corrected chi connectivity index (χ4v) is 11.0. The largest absolute Gasteiger partial charge is 0.309 e. The molecule has 0 atom stereocenters. The number of nitrogens with zero attached hydrogens (tertiary/aromatic N) is 4. The molecule has 0 aliphatic heterocycles. The minimum Gasteiger partial charge on any atom is -0.309 e. The fourth-order valence-electron chi connectivity index (χ4n) is 11.0. The highest BCUT2D eigenvalue weighted by Gasteiger charge is 2.39. The first-order valence-electron chi connectivity index (χ1n) is 22.1. The number of rotatable bonds is 4. The lowest BCUT2D eigenvalue weighted by molar-refractivity contribution is 0.332. The first-order valence-corrected chi connectivity index (χ1v) is 22.1. The molecule has 0 saturated heterocycles. The fraction of sp³-hybridized carbons (Fsp3) is 0.190. The molecule has 4 heteroatoms. The van der Waals surface area contributed by atoms with E-state index in [1.54, 1.807) is 0 Å². The van der Waals surface area contributed by atoms with Gasteiger partial charge in [-0.1, -0.05) is 151 Å². The highest BCUT2D eigenvalue weighted by atomic mass is 15.0. The van der Waals surface area contributed by atoms with Gasteiger partial charge in [0.1, 0.15) is 0 Å². The van der Waals surface area contributed by atoms with Crippen LogP contribution in [0.5, 0.6) is 0 Å². The molecule has 300 valence electrons. The predicted molar refractivity (Wildman–Crippen MR) is 258 cm³/mol. The predicted octanol–water partition coefficient (Wildman–Crippen LogP) is 14.9. The van der Waals surface area contributed by atoms with E-state index in [4.69, 9.17) is 15.0 Å². The second-order valence-electron chi connectivity index (χ2n) is 19.5. The normalized spacial score (nSPS) is 15.8. The molecule has 62 heavy (non-hydrogen) atoms. The van der Waals surface area contributed by atoms with Crippen LogP contribution in [0.4, 0.5) is 0 Å². The zero-order valence-electron chi connectivity index (χ0n) is 36.2. The number of aromatic nitrogens is 4. The van der Waals surface area contributed by atoms with Crippen LogP contribution in [-0.4, -0.2) is 19.5 Å². The second-order valence-corrected chi connectivity index (χ2v) is 19.5. The van der Waals surface area contributed by atoms with Crippen LogP contribution in [-0.2, 0) is 16.2 Å². The van der Waals surface area contributed by atoms with E-state index >= 15 is 0 Å². The summed E-state index contributed by atoms with van der Waals surface area (Å²) in [5, 5.41) is 7.52. The lowest BCUT2D eigenvalue weighted by atomic mass is 9.63. The summed E-state index contributed by atoms with van der Waals surface area (Å²) >= 11 is 0. The van der Waals surface area contributed by atoms with E-state index in [1.165, 1.54) is 84.2 Å². The van der Waals surface area contributed by atoms with Crippen molar-refractivity contribution in [2.24, 2.45) is 0 Å². The van der Waals surface area contributed by atoms with Crippen LogP contribution in [0.15, 0.2) is 158 Å². The van der Waals surface area contributed by atoms with Crippen molar-refractivity contribution in [1.82, 2.24) is 19.5 Å². The van der Waals surface area contributed by atoms with Gasteiger partial charge in [-0.2, -0.15) is 0 Å². The van der Waals surface area contributed by atoms with Crippen LogP contribution in [0.3, 0.4) is 0 Å². The van der Waals surface area contributed by atoms with E-state index < -0.39 is 0 Å². The average molecular weight is 801 g/mol. The first kappa shape index (κ1) is 36.9. The molecule has 0 bridgehead atoms. The van der Waals surface area contributed by atoms with Gasteiger partial charge in [-0.05, 0) is 127 Å². The van der Waals surface area contributed by atoms with Crippen LogP contribution < -0.4 is 0 Å². The topological polar surface area (TPSA) is 43.6 Å². The Bertz CT molecular complexity index is 3490. The SMILES string of the molecule is CC1(C)CCC(C)(C)c2cc3c(cc21)c1c2ccccc2ccc1n3-c1ccc(-c2nc(-c3ccc4ccccc4c3)nc(-c3cccc4c3C(C)(C)c3ccccc3-4)n2)cc1. The van der Waals surface area contributed by atoms with Crippen molar-refractivity contribution in [3.63, 3.8) is 0 Å². The average Bonchev–Trinajstić information content (AvgIpc) is 3.75. The van der Waals surface area contributed by atoms with Crippen LogP contribution in [0.1, 0.15) is 76.6 Å². The maximum Gasteiger partial charge on any atom is 0.164 e. The third-order valence-corrected chi connectivity index (χ3v) is 14.5. The molecule has 8 aromatic carbocycles. The minimum absolute atomic E-state index is 0.0856. The molecular weight excluding hydrogens is 753 g/mol. The summed E-state index contributed by atoms with van der Waals surface area (Å²) in [4.78, 5) is 15.9. The Labute approximate surface area is 363 Å². The smallest absolute Gasteiger partial charge is 0.164 e. The molecular formula is C58H48N4. The lowest BCUT2D eigenvalue weighted by Crippen LogP contribution is -2.33. The molecule has 2 heterocycles. The zero-order valence-corrected chi connectivity index (χ0v) is 36.2. The molecule has 0 spiro atoms. The summed E-state index contributed by atoms with van der Waals surface area (Å²) < 4.78 is 2.48. The molecule has 12 rings (SSSR count). The van der Waals surface area contributed by atoms with Crippen LogP contribution in [0.25, 0.3) is 94.3 Å². The van der Waals surface area contributed by atoms with Gasteiger partial charge in [0.2, 0.25) is 0 Å². The molecule has 10 aromatic rings. The van der Waals surface area contributed by atoms with Crippen LogP contribution >= 0.6 is 0 Å². The molecule has 0 radical (unpaired) electrons. The number of hydrogen-bond donors (Lipinski definition) is 0. The van der Waals surface area contributed by atoms with Gasteiger partial charge in [-0.25, -0.2) is 15.0 Å². The Hall–Kier alpha value is -6.91. The Morgan fingerprint density at radius 2 is 1.02 bits per heavy atom. The van der Waals surface area contributed by atoms with Gasteiger partial charge in [0.15, 0.2) is 17.5 Å². The van der Waals surface area contributed by atoms with Crippen molar-refractivity contribution >= 4 is 43.4 Å². The summed E-state index contributed by atoms with van der Waals surface area (Å²) in [7, 11) is 0. The van der Waals surface area contributed by atoms with Gasteiger partial charge in [-0.15, -0.1) is 0 Å². The second kappa shape index (κ2) is 13.0. The van der Waals surface area contributed by atoms with E-state index in [1.807, 2.05) is 0 Å². The molecule has 0 amide bonds. The molecule has 0 N–H and O–H groups in total. The van der Waals surface area contributed by atoms with Gasteiger partial charge >= 0.3 is 0 Å². The number of benzene rings is 8. The summed E-state index contributed by atoms with van der Waals surface area (Å²) in [6.07, 6.45) is 2.35. The van der Waals surface area contributed by atoms with E-state index in [2.05, 4.69) is 204 Å². The number of fused-ring (bicyclic) bond motifs is 10. The molecule has 2 aliphatic carbocycles. The van der Waals surface area contributed by atoms with Crippen LogP contribution in [0, 0.1) is 0 Å². The summed E-state index contributed by atoms with van der Waals surface area (Å²) in [5.74, 6) is 2.00. The van der Waals surface area contributed by atoms with Crippen LogP contribution in [0.2, 0.25) is 0 Å². The summed E-state index contributed by atoms with van der Waals surface area (Å²) in [5.41, 5.74) is 14.5. The molecule has 4 nitrogen and oxygen atoms in total. The van der Waals surface area contributed by atoms with Crippen molar-refractivity contribution in [3.05, 3.63) is 180 Å². The quantitative estimate of drug-likeness (QED) is 0.178. The van der Waals surface area contributed by atoms with Gasteiger partial charge in [0.05, 0.1) is 11.0 Å². The highest BCUT2D eigenvalue weighted by molar-refractivity contribution is 6.21. The lowest BCUT2D eigenvalue weighted by Gasteiger charge is -2.42. The Morgan fingerprint density at radius 3 is 1.81 bits per heavy atom. The van der Waals surface area contributed by atoms with E-state index in [0.29, 0.717) is 17.5 Å². The van der Waals surface area contributed by atoms with Gasteiger partial charge < -0.3 is 4.57 Å². The van der Waals surface area contributed by atoms with Crippen molar-refractivity contribution in [2.45, 2.75) is 70.6 Å². The summed E-state index contributed by atoms with van der Waals surface area (Å²) in [6.45, 7) is 14.3. The summed E-state index contributed by atoms with van der Waals surface area (Å²) in [6, 6.07) is 57.7. The Morgan fingerprint density at radius 1 is 0.419 bits per heavy atom. The van der Waals surface area contributed by atoms with Gasteiger partial charge in [-0.3, -0.25) is 0 Å². The number of hydrogen-bond acceptors (Lipinski definition) is 3. The third-order valence-electron chi connectivity index (χ3n) is 14.5. The van der Waals surface area contributed by atoms with Crippen molar-refractivity contribution in [1.29, 1.82) is 0 Å². The molecule has 0 saturated carbocycles. The molecule has 2 aliphatic rings. The Balaban J connectivity index is 1.06. The standard InChI is InChI=1S/C58H48N4/c1-56(2)30-31-57(3,4)48-34-50-45(33-47(48)56)51-41-17-10-9-15-36(41)26-29-49(51)62(50)40-27-24-37(25-28-40)53-59-54(39-23-22-35-14-7-8-16-38(35)32-39)61-55(60-53)44-20-13-19-43-42-18-11-12-21-46(42)58(5,6)52(43)44/h7-29,32-34H,30-31H2,1-6H3. The van der Waals surface area contributed by atoms with Crippen molar-refractivity contribution in [3.8, 4) is 51.0 Å². The van der Waals surface area contributed by atoms with E-state index in [-0.39, 0.29) is 16.2 Å². The van der Waals surface area contributed by atoms with Gasteiger partial charge in [0, 0.05) is 38.6 Å². The van der Waals surface area contributed by atoms with Crippen molar-refractivity contribution < 1.29 is 0 Å². The zero-order chi connectivity index (χ0) is 42.1. The minimum atomic E-state index is -0.224. The maximum absolute atomic E-state index is 5.34. The third kappa shape index (κ3) is 5.42. The maximum atomic E-state index is 5.34. The molecule has 0 unspecified atom stereocenters. The van der Waals surface area contributed by atoms with Crippen molar-refractivity contribution in [2.75, 3.05) is 0 Å². The molecule has 2 aromatic heterocycles. The van der Waals surface area contributed by atoms with Gasteiger partial charge in [0.25, 0.3) is 0 Å². The monoisotopic (exact) mass is 800 g/mol. The van der Waals surface area contributed by atoms with E-state index in [9.17, 15) is 0 Å². The first-order chi connectivity index (χ1) is 30.0. The molecule has 0 fully saturated rings. The Kier molecular flexibility index (Phi) is 7.77. The van der Waals surface area contributed by atoms with E-state index in [0.717, 1.165) is 27.8 Å². The highest BCUT2D eigenvalue weighted by Crippen LogP contribution is 2.52.